The molecule has 2 aromatic rings. The molecule has 2 N–H and O–H groups in total. The van der Waals surface area contributed by atoms with E-state index in [0.29, 0.717) is 23.3 Å². The van der Waals surface area contributed by atoms with Crippen LogP contribution in [0.15, 0.2) is 48.7 Å². The topological polar surface area (TPSA) is 80.7 Å². The Morgan fingerprint density at radius 1 is 1.15 bits per heavy atom. The molecule has 0 aliphatic heterocycles. The fourth-order valence-corrected chi connectivity index (χ4v) is 3.27. The van der Waals surface area contributed by atoms with Crippen molar-refractivity contribution in [1.29, 1.82) is 0 Å². The van der Waals surface area contributed by atoms with Gasteiger partial charge in [-0.25, -0.2) is 4.98 Å². The molecule has 2 atom stereocenters. The third kappa shape index (κ3) is 5.20. The summed E-state index contributed by atoms with van der Waals surface area (Å²) < 4.78 is 11.2. The molecule has 0 spiro atoms. The number of hydrogen-bond acceptors (Lipinski definition) is 5. The van der Waals surface area contributed by atoms with E-state index in [2.05, 4.69) is 10.3 Å². The summed E-state index contributed by atoms with van der Waals surface area (Å²) in [5.41, 5.74) is 0. The zero-order chi connectivity index (χ0) is 18.2. The first-order valence-corrected chi connectivity index (χ1v) is 8.96. The van der Waals surface area contributed by atoms with Gasteiger partial charge in [-0.2, -0.15) is 0 Å². The molecule has 1 fully saturated rings. The van der Waals surface area contributed by atoms with E-state index in [1.165, 1.54) is 0 Å². The maximum atomic E-state index is 12.1. The number of ether oxygens (including phenoxy) is 2. The first kappa shape index (κ1) is 18.2. The lowest BCUT2D eigenvalue weighted by atomic mass is 10.00. The summed E-state index contributed by atoms with van der Waals surface area (Å²) in [6.45, 7) is 0.142. The van der Waals surface area contributed by atoms with Crippen molar-refractivity contribution in [1.82, 2.24) is 10.3 Å². The molecule has 0 bridgehead atoms. The van der Waals surface area contributed by atoms with Gasteiger partial charge in [0, 0.05) is 24.9 Å². The Morgan fingerprint density at radius 3 is 2.69 bits per heavy atom. The summed E-state index contributed by atoms with van der Waals surface area (Å²) in [4.78, 5) is 16.2. The summed E-state index contributed by atoms with van der Waals surface area (Å²) >= 11 is 0. The predicted molar refractivity (Wildman–Crippen MR) is 97.2 cm³/mol. The number of pyridine rings is 1. The Hall–Kier alpha value is -2.60. The molecule has 1 aromatic carbocycles. The second-order valence-electron chi connectivity index (χ2n) is 6.41. The highest BCUT2D eigenvalue weighted by molar-refractivity contribution is 5.77. The molecule has 0 saturated heterocycles. The van der Waals surface area contributed by atoms with Crippen molar-refractivity contribution in [2.45, 2.75) is 31.7 Å². The zero-order valence-electron chi connectivity index (χ0n) is 14.6. The van der Waals surface area contributed by atoms with Gasteiger partial charge in [-0.3, -0.25) is 4.79 Å². The maximum absolute atomic E-state index is 12.1. The van der Waals surface area contributed by atoms with Crippen molar-refractivity contribution in [3.05, 3.63) is 48.7 Å². The van der Waals surface area contributed by atoms with E-state index in [-0.39, 0.29) is 25.2 Å². The van der Waals surface area contributed by atoms with Gasteiger partial charge >= 0.3 is 0 Å². The molecule has 1 saturated carbocycles. The molecule has 0 radical (unpaired) electrons. The highest BCUT2D eigenvalue weighted by Crippen LogP contribution is 2.28. The highest BCUT2D eigenvalue weighted by Gasteiger charge is 2.27. The van der Waals surface area contributed by atoms with Gasteiger partial charge in [0.25, 0.3) is 5.91 Å². The minimum atomic E-state index is -0.131. The van der Waals surface area contributed by atoms with Crippen molar-refractivity contribution < 1.29 is 19.4 Å². The molecule has 1 aromatic heterocycles. The Kier molecular flexibility index (Phi) is 6.44. The van der Waals surface area contributed by atoms with Crippen LogP contribution in [0.4, 0.5) is 0 Å². The van der Waals surface area contributed by atoms with E-state index in [1.54, 1.807) is 36.5 Å². The van der Waals surface area contributed by atoms with E-state index in [9.17, 15) is 4.79 Å². The Morgan fingerprint density at radius 2 is 1.96 bits per heavy atom. The number of amides is 1. The average molecular weight is 356 g/mol. The van der Waals surface area contributed by atoms with E-state index < -0.39 is 0 Å². The Balaban J connectivity index is 1.45. The number of aromatic nitrogens is 1. The number of hydrogen-bond donors (Lipinski definition) is 2. The minimum Gasteiger partial charge on any atom is -0.484 e. The molecular weight excluding hydrogens is 332 g/mol. The number of aliphatic hydroxyl groups is 1. The second-order valence-corrected chi connectivity index (χ2v) is 6.41. The summed E-state index contributed by atoms with van der Waals surface area (Å²) in [5.74, 6) is 2.01. The number of nitrogens with zero attached hydrogens (tertiary/aromatic N) is 1. The van der Waals surface area contributed by atoms with Gasteiger partial charge in [0.2, 0.25) is 5.88 Å². The monoisotopic (exact) mass is 356 g/mol. The third-order valence-corrected chi connectivity index (χ3v) is 4.56. The molecule has 1 aliphatic rings. The van der Waals surface area contributed by atoms with Crippen LogP contribution in [-0.2, 0) is 4.79 Å². The molecule has 3 rings (SSSR count). The molecule has 6 heteroatoms. The number of aliphatic hydroxyl groups excluding tert-OH is 1. The van der Waals surface area contributed by atoms with Gasteiger partial charge in [0.15, 0.2) is 6.61 Å². The molecule has 1 heterocycles. The summed E-state index contributed by atoms with van der Waals surface area (Å²) in [5, 5.41) is 12.1. The van der Waals surface area contributed by atoms with Crippen LogP contribution in [0.5, 0.6) is 17.4 Å². The van der Waals surface area contributed by atoms with Gasteiger partial charge < -0.3 is 19.9 Å². The molecule has 1 aliphatic carbocycles. The van der Waals surface area contributed by atoms with Crippen LogP contribution in [0.1, 0.15) is 25.7 Å². The lowest BCUT2D eigenvalue weighted by Crippen LogP contribution is -2.40. The van der Waals surface area contributed by atoms with Crippen LogP contribution in [0.3, 0.4) is 0 Å². The molecule has 26 heavy (non-hydrogen) atoms. The standard InChI is InChI=1S/C20H24N2O4/c23-13-11-15-4-3-5-18(15)22-19(24)14-25-16-7-9-17(10-8-16)26-20-6-1-2-12-21-20/h1-2,6-10,12,15,18,23H,3-5,11,13-14H2,(H,22,24)/t15-,18-/m1/s1. The number of carbonyl (C=O) groups excluding carboxylic acids is 1. The summed E-state index contributed by atoms with van der Waals surface area (Å²) in [6, 6.07) is 12.7. The Labute approximate surface area is 153 Å². The highest BCUT2D eigenvalue weighted by atomic mass is 16.5. The smallest absolute Gasteiger partial charge is 0.258 e. The largest absolute Gasteiger partial charge is 0.484 e. The van der Waals surface area contributed by atoms with Gasteiger partial charge in [0.05, 0.1) is 0 Å². The zero-order valence-corrected chi connectivity index (χ0v) is 14.6. The molecule has 138 valence electrons. The second kappa shape index (κ2) is 9.20. The van der Waals surface area contributed by atoms with Crippen molar-refractivity contribution >= 4 is 5.91 Å². The van der Waals surface area contributed by atoms with Crippen molar-refractivity contribution in [2.75, 3.05) is 13.2 Å². The summed E-state index contributed by atoms with van der Waals surface area (Å²) in [6.07, 6.45) is 5.53. The van der Waals surface area contributed by atoms with Crippen LogP contribution < -0.4 is 14.8 Å². The Bertz CT molecular complexity index is 691. The van der Waals surface area contributed by atoms with Gasteiger partial charge in [0.1, 0.15) is 11.5 Å². The minimum absolute atomic E-state index is 0.0250. The third-order valence-electron chi connectivity index (χ3n) is 4.56. The SMILES string of the molecule is O=C(COc1ccc(Oc2ccccn2)cc1)N[C@@H]1CCC[C@@H]1CCO. The summed E-state index contributed by atoms with van der Waals surface area (Å²) in [7, 11) is 0. The van der Waals surface area contributed by atoms with Crippen molar-refractivity contribution in [2.24, 2.45) is 5.92 Å². The van der Waals surface area contributed by atoms with Crippen molar-refractivity contribution in [3.8, 4) is 17.4 Å². The van der Waals surface area contributed by atoms with Crippen LogP contribution in [0, 0.1) is 5.92 Å². The number of benzene rings is 1. The average Bonchev–Trinajstić information content (AvgIpc) is 3.09. The van der Waals surface area contributed by atoms with E-state index in [4.69, 9.17) is 14.6 Å². The predicted octanol–water partition coefficient (Wildman–Crippen LogP) is 2.92. The fourth-order valence-electron chi connectivity index (χ4n) is 3.27. The van der Waals surface area contributed by atoms with E-state index in [0.717, 1.165) is 25.7 Å². The van der Waals surface area contributed by atoms with Gasteiger partial charge in [-0.1, -0.05) is 12.5 Å². The van der Waals surface area contributed by atoms with Crippen molar-refractivity contribution in [3.63, 3.8) is 0 Å². The lowest BCUT2D eigenvalue weighted by Gasteiger charge is -2.20. The van der Waals surface area contributed by atoms with Crippen LogP contribution in [-0.4, -0.2) is 35.3 Å². The lowest BCUT2D eigenvalue weighted by molar-refractivity contribution is -0.124. The van der Waals surface area contributed by atoms with Crippen LogP contribution >= 0.6 is 0 Å². The molecule has 1 amide bonds. The van der Waals surface area contributed by atoms with E-state index >= 15 is 0 Å². The molecule has 6 nitrogen and oxygen atoms in total. The first-order chi connectivity index (χ1) is 12.7. The number of carbonyl (C=O) groups is 1. The van der Waals surface area contributed by atoms with Crippen LogP contribution in [0.25, 0.3) is 0 Å². The first-order valence-electron chi connectivity index (χ1n) is 8.96. The van der Waals surface area contributed by atoms with Gasteiger partial charge in [-0.15, -0.1) is 0 Å². The molecule has 0 unspecified atom stereocenters. The van der Waals surface area contributed by atoms with E-state index in [1.807, 2.05) is 12.1 Å². The van der Waals surface area contributed by atoms with Crippen LogP contribution in [0.2, 0.25) is 0 Å². The van der Waals surface area contributed by atoms with Gasteiger partial charge in [-0.05, 0) is 55.5 Å². The molecular formula is C20H24N2O4. The normalized spacial score (nSPS) is 19.1. The number of rotatable bonds is 8. The fraction of sp³-hybridized carbons (Fsp3) is 0.400. The number of nitrogens with one attached hydrogen (secondary N) is 1. The maximum Gasteiger partial charge on any atom is 0.258 e. The quantitative estimate of drug-likeness (QED) is 0.760.